The third-order valence-electron chi connectivity index (χ3n) is 4.35. The van der Waals surface area contributed by atoms with Crippen LogP contribution in [0.3, 0.4) is 0 Å². The molecule has 4 rings (SSSR count). The second kappa shape index (κ2) is 7.99. The summed E-state index contributed by atoms with van der Waals surface area (Å²) in [5, 5.41) is 4.19. The maximum Gasteiger partial charge on any atom is 0.256 e. The zero-order chi connectivity index (χ0) is 20.5. The number of rotatable bonds is 3. The predicted molar refractivity (Wildman–Crippen MR) is 117 cm³/mol. The highest BCUT2D eigenvalue weighted by molar-refractivity contribution is 6.42. The van der Waals surface area contributed by atoms with Gasteiger partial charge in [0.15, 0.2) is 0 Å². The summed E-state index contributed by atoms with van der Waals surface area (Å²) in [5.74, 6) is -0.923. The molecule has 4 aromatic rings. The maximum absolute atomic E-state index is 13.4. The van der Waals surface area contributed by atoms with E-state index in [1.54, 1.807) is 24.3 Å². The minimum Gasteiger partial charge on any atom is -0.322 e. The van der Waals surface area contributed by atoms with E-state index >= 15 is 0 Å². The van der Waals surface area contributed by atoms with Crippen LogP contribution in [-0.2, 0) is 0 Å². The third-order valence-corrected chi connectivity index (χ3v) is 5.38. The van der Waals surface area contributed by atoms with Crippen molar-refractivity contribution in [1.82, 2.24) is 4.98 Å². The van der Waals surface area contributed by atoms with E-state index in [1.165, 1.54) is 18.2 Å². The minimum absolute atomic E-state index is 0.0705. The first kappa shape index (κ1) is 19.6. The van der Waals surface area contributed by atoms with Crippen molar-refractivity contribution in [3.8, 4) is 11.3 Å². The van der Waals surface area contributed by atoms with Gasteiger partial charge in [-0.3, -0.25) is 4.79 Å². The number of hydrogen-bond acceptors (Lipinski definition) is 2. The SMILES string of the molecule is O=C(Nc1ccc(F)c(Cl)c1)c1cc(-c2ccc(Cl)c(Cl)c2)nc2ccccc12. The molecule has 29 heavy (non-hydrogen) atoms. The van der Waals surface area contributed by atoms with Gasteiger partial charge in [-0.1, -0.05) is 59.1 Å². The predicted octanol–water partition coefficient (Wildman–Crippen LogP) is 7.25. The molecule has 144 valence electrons. The summed E-state index contributed by atoms with van der Waals surface area (Å²) >= 11 is 18.0. The Kier molecular flexibility index (Phi) is 5.41. The molecule has 0 bridgehead atoms. The van der Waals surface area contributed by atoms with Crippen molar-refractivity contribution < 1.29 is 9.18 Å². The molecule has 0 atom stereocenters. The second-order valence-electron chi connectivity index (χ2n) is 6.28. The van der Waals surface area contributed by atoms with E-state index in [9.17, 15) is 9.18 Å². The number of nitrogens with one attached hydrogen (secondary N) is 1. The van der Waals surface area contributed by atoms with Gasteiger partial charge in [-0.2, -0.15) is 0 Å². The molecule has 1 amide bonds. The smallest absolute Gasteiger partial charge is 0.256 e. The van der Waals surface area contributed by atoms with Crippen LogP contribution in [0.15, 0.2) is 66.7 Å². The van der Waals surface area contributed by atoms with E-state index in [4.69, 9.17) is 34.8 Å². The molecule has 0 saturated heterocycles. The Labute approximate surface area is 181 Å². The second-order valence-corrected chi connectivity index (χ2v) is 7.51. The Morgan fingerprint density at radius 2 is 1.66 bits per heavy atom. The topological polar surface area (TPSA) is 42.0 Å². The van der Waals surface area contributed by atoms with Gasteiger partial charge in [-0.25, -0.2) is 9.37 Å². The van der Waals surface area contributed by atoms with E-state index in [1.807, 2.05) is 24.3 Å². The molecule has 0 radical (unpaired) electrons. The fourth-order valence-electron chi connectivity index (χ4n) is 2.94. The van der Waals surface area contributed by atoms with Gasteiger partial charge in [0.1, 0.15) is 5.82 Å². The molecular weight excluding hydrogens is 434 g/mol. The van der Waals surface area contributed by atoms with Crippen molar-refractivity contribution in [2.24, 2.45) is 0 Å². The number of para-hydroxylation sites is 1. The highest BCUT2D eigenvalue weighted by Gasteiger charge is 2.15. The van der Waals surface area contributed by atoms with Gasteiger partial charge < -0.3 is 5.32 Å². The number of amides is 1. The van der Waals surface area contributed by atoms with Crippen LogP contribution in [0.4, 0.5) is 10.1 Å². The summed E-state index contributed by atoms with van der Waals surface area (Å²) in [6.07, 6.45) is 0. The minimum atomic E-state index is -0.555. The highest BCUT2D eigenvalue weighted by atomic mass is 35.5. The number of nitrogens with zero attached hydrogens (tertiary/aromatic N) is 1. The normalized spacial score (nSPS) is 10.9. The van der Waals surface area contributed by atoms with Gasteiger partial charge in [0, 0.05) is 16.6 Å². The van der Waals surface area contributed by atoms with Crippen LogP contribution >= 0.6 is 34.8 Å². The number of fused-ring (bicyclic) bond motifs is 1. The lowest BCUT2D eigenvalue weighted by atomic mass is 10.0. The molecule has 1 aromatic heterocycles. The number of carbonyl (C=O) groups excluding carboxylic acids is 1. The first-order chi connectivity index (χ1) is 13.9. The Morgan fingerprint density at radius 3 is 2.41 bits per heavy atom. The van der Waals surface area contributed by atoms with Gasteiger partial charge in [0.25, 0.3) is 5.91 Å². The van der Waals surface area contributed by atoms with Gasteiger partial charge in [-0.05, 0) is 42.5 Å². The molecule has 0 aliphatic carbocycles. The third kappa shape index (κ3) is 4.06. The van der Waals surface area contributed by atoms with Crippen LogP contribution in [-0.4, -0.2) is 10.9 Å². The summed E-state index contributed by atoms with van der Waals surface area (Å²) in [6.45, 7) is 0. The molecule has 0 aliphatic rings. The zero-order valence-electron chi connectivity index (χ0n) is 14.7. The molecule has 1 N–H and O–H groups in total. The number of aromatic nitrogens is 1. The van der Waals surface area contributed by atoms with Crippen molar-refractivity contribution in [2.45, 2.75) is 0 Å². The van der Waals surface area contributed by atoms with Crippen molar-refractivity contribution in [3.63, 3.8) is 0 Å². The van der Waals surface area contributed by atoms with Gasteiger partial charge >= 0.3 is 0 Å². The van der Waals surface area contributed by atoms with E-state index in [-0.39, 0.29) is 10.9 Å². The van der Waals surface area contributed by atoms with Crippen LogP contribution in [0.25, 0.3) is 22.2 Å². The highest BCUT2D eigenvalue weighted by Crippen LogP contribution is 2.30. The van der Waals surface area contributed by atoms with Crippen molar-refractivity contribution in [2.75, 3.05) is 5.32 Å². The number of halogens is 4. The average molecular weight is 446 g/mol. The van der Waals surface area contributed by atoms with E-state index in [0.29, 0.717) is 37.9 Å². The first-order valence-electron chi connectivity index (χ1n) is 8.54. The van der Waals surface area contributed by atoms with Crippen LogP contribution in [0.5, 0.6) is 0 Å². The van der Waals surface area contributed by atoms with Crippen LogP contribution in [0, 0.1) is 5.82 Å². The number of carbonyl (C=O) groups is 1. The standard InChI is InChI=1S/C22H12Cl3FN2O/c23-16-7-5-12(9-17(16)24)21-11-15(14-3-1-2-4-20(14)28-21)22(29)27-13-6-8-19(26)18(25)10-13/h1-11H,(H,27,29). The summed E-state index contributed by atoms with van der Waals surface area (Å²) < 4.78 is 13.4. The quantitative estimate of drug-likeness (QED) is 0.361. The maximum atomic E-state index is 13.4. The number of pyridine rings is 1. The average Bonchev–Trinajstić information content (AvgIpc) is 2.72. The van der Waals surface area contributed by atoms with Crippen LogP contribution < -0.4 is 5.32 Å². The molecule has 0 spiro atoms. The number of benzene rings is 3. The first-order valence-corrected chi connectivity index (χ1v) is 9.67. The van der Waals surface area contributed by atoms with Crippen molar-refractivity contribution >= 4 is 57.3 Å². The monoisotopic (exact) mass is 444 g/mol. The molecule has 0 unspecified atom stereocenters. The van der Waals surface area contributed by atoms with Crippen LogP contribution in [0.2, 0.25) is 15.1 Å². The Bertz CT molecular complexity index is 1260. The lowest BCUT2D eigenvalue weighted by Gasteiger charge is -2.11. The van der Waals surface area contributed by atoms with Crippen molar-refractivity contribution in [1.29, 1.82) is 0 Å². The number of anilines is 1. The Morgan fingerprint density at radius 1 is 0.862 bits per heavy atom. The van der Waals surface area contributed by atoms with Gasteiger partial charge in [0.05, 0.1) is 31.8 Å². The molecule has 0 aliphatic heterocycles. The molecule has 0 fully saturated rings. The zero-order valence-corrected chi connectivity index (χ0v) is 17.0. The summed E-state index contributed by atoms with van der Waals surface area (Å²) in [6, 6.07) is 18.2. The Balaban J connectivity index is 1.80. The summed E-state index contributed by atoms with van der Waals surface area (Å²) in [7, 11) is 0. The molecule has 3 nitrogen and oxygen atoms in total. The molecule has 7 heteroatoms. The Hall–Kier alpha value is -2.66. The van der Waals surface area contributed by atoms with E-state index in [0.717, 1.165) is 5.56 Å². The molecule has 3 aromatic carbocycles. The fraction of sp³-hybridized carbons (Fsp3) is 0. The van der Waals surface area contributed by atoms with Gasteiger partial charge in [-0.15, -0.1) is 0 Å². The lowest BCUT2D eigenvalue weighted by Crippen LogP contribution is -2.13. The summed E-state index contributed by atoms with van der Waals surface area (Å²) in [5.41, 5.74) is 2.75. The fourth-order valence-corrected chi connectivity index (χ4v) is 3.42. The van der Waals surface area contributed by atoms with Crippen molar-refractivity contribution in [3.05, 3.63) is 93.2 Å². The van der Waals surface area contributed by atoms with Crippen LogP contribution in [0.1, 0.15) is 10.4 Å². The largest absolute Gasteiger partial charge is 0.322 e. The van der Waals surface area contributed by atoms with Gasteiger partial charge in [0.2, 0.25) is 0 Å². The summed E-state index contributed by atoms with van der Waals surface area (Å²) in [4.78, 5) is 17.6. The molecular formula is C22H12Cl3FN2O. The number of hydrogen-bond donors (Lipinski definition) is 1. The molecule has 1 heterocycles. The van der Waals surface area contributed by atoms with E-state index < -0.39 is 5.82 Å². The van der Waals surface area contributed by atoms with E-state index in [2.05, 4.69) is 10.3 Å². The molecule has 0 saturated carbocycles. The lowest BCUT2D eigenvalue weighted by molar-refractivity contribution is 0.102.